The van der Waals surface area contributed by atoms with Crippen molar-refractivity contribution in [1.29, 1.82) is 0 Å². The quantitative estimate of drug-likeness (QED) is 0.115. The molecule has 0 bridgehead atoms. The van der Waals surface area contributed by atoms with Gasteiger partial charge in [0.05, 0.1) is 0 Å². The van der Waals surface area contributed by atoms with E-state index in [1.807, 2.05) is 316 Å². The predicted molar refractivity (Wildman–Crippen MR) is 389 cm³/mol. The number of nitrogens with zero attached hydrogens (tertiary/aromatic N) is 4. The van der Waals surface area contributed by atoms with Crippen molar-refractivity contribution >= 4 is 0 Å². The lowest BCUT2D eigenvalue weighted by Gasteiger charge is -2.13. The summed E-state index contributed by atoms with van der Waals surface area (Å²) in [6.07, 6.45) is 6.39. The lowest BCUT2D eigenvalue weighted by Crippen LogP contribution is -2.31. The van der Waals surface area contributed by atoms with Gasteiger partial charge in [-0.3, -0.25) is 0 Å². The molecule has 0 N–H and O–H groups in total. The Bertz CT molecular complexity index is 5120. The third kappa shape index (κ3) is 16.3. The average molecular weight is 1220 g/mol. The number of aromatic nitrogens is 4. The Labute approximate surface area is 572 Å². The van der Waals surface area contributed by atoms with Gasteiger partial charge in [0.2, 0.25) is 22.8 Å². The zero-order valence-corrected chi connectivity index (χ0v) is 55.5. The van der Waals surface area contributed by atoms with Crippen molar-refractivity contribution in [3.63, 3.8) is 0 Å². The van der Waals surface area contributed by atoms with Crippen LogP contribution in [0, 0.1) is 67.9 Å². The van der Waals surface area contributed by atoms with Gasteiger partial charge in [0.15, 0.2) is 24.8 Å². The molecular formula is C88H96N4+4. The van der Waals surface area contributed by atoms with Crippen LogP contribution in [0.15, 0.2) is 249 Å². The summed E-state index contributed by atoms with van der Waals surface area (Å²) in [5, 5.41) is 0. The van der Waals surface area contributed by atoms with Gasteiger partial charge >= 0.3 is 0 Å². The van der Waals surface area contributed by atoms with Crippen molar-refractivity contribution in [3.8, 4) is 89.5 Å². The van der Waals surface area contributed by atoms with Crippen molar-refractivity contribution in [2.24, 2.45) is 34.1 Å². The highest BCUT2D eigenvalue weighted by Crippen LogP contribution is 2.36. The third-order valence-electron chi connectivity index (χ3n) is 16.6. The highest BCUT2D eigenvalue weighted by atomic mass is 14.9. The fourth-order valence-electron chi connectivity index (χ4n) is 11.5. The lowest BCUT2D eigenvalue weighted by molar-refractivity contribution is -0.660. The first-order valence-corrected chi connectivity index (χ1v) is 31.3. The summed E-state index contributed by atoms with van der Waals surface area (Å²) >= 11 is 0. The van der Waals surface area contributed by atoms with Gasteiger partial charge < -0.3 is 0 Å². The van der Waals surface area contributed by atoms with Crippen LogP contribution in [0.1, 0.15) is 115 Å². The minimum atomic E-state index is -2.23. The number of rotatable bonds is 11. The van der Waals surface area contributed by atoms with Gasteiger partial charge in [-0.25, -0.2) is 18.3 Å². The van der Waals surface area contributed by atoms with Crippen molar-refractivity contribution in [2.45, 2.75) is 102 Å². The van der Waals surface area contributed by atoms with Crippen molar-refractivity contribution < 1.29 is 38.8 Å². The van der Waals surface area contributed by atoms with Gasteiger partial charge in [-0.2, -0.15) is 0 Å². The molecule has 0 fully saturated rings. The molecule has 0 saturated carbocycles. The first-order chi connectivity index (χ1) is 50.1. The first-order valence-electron chi connectivity index (χ1n) is 38.8. The van der Waals surface area contributed by atoms with Crippen LogP contribution in [-0.2, 0) is 34.6 Å². The van der Waals surface area contributed by atoms with E-state index < -0.39 is 39.7 Å². The van der Waals surface area contributed by atoms with Crippen LogP contribution in [0.4, 0.5) is 0 Å². The van der Waals surface area contributed by atoms with Gasteiger partial charge in [0, 0.05) is 91.3 Å². The second-order valence-electron chi connectivity index (χ2n) is 24.3. The summed E-state index contributed by atoms with van der Waals surface area (Å²) in [6.45, 7) is 8.61. The van der Waals surface area contributed by atoms with Gasteiger partial charge in [0.25, 0.3) is 0 Å². The molecule has 464 valence electrons. The van der Waals surface area contributed by atoms with Crippen molar-refractivity contribution in [3.05, 3.63) is 310 Å². The summed E-state index contributed by atoms with van der Waals surface area (Å²) in [7, 11) is 7.89. The Morgan fingerprint density at radius 1 is 0.315 bits per heavy atom. The molecule has 0 radical (unpaired) electrons. The van der Waals surface area contributed by atoms with Gasteiger partial charge in [0.1, 0.15) is 28.2 Å². The zero-order chi connectivity index (χ0) is 78.5. The fourth-order valence-corrected chi connectivity index (χ4v) is 11.5. The van der Waals surface area contributed by atoms with Crippen molar-refractivity contribution in [2.75, 3.05) is 0 Å². The van der Waals surface area contributed by atoms with Crippen LogP contribution in [-0.4, -0.2) is 0 Å². The van der Waals surface area contributed by atoms with E-state index in [9.17, 15) is 0 Å². The van der Waals surface area contributed by atoms with Gasteiger partial charge in [-0.05, 0) is 216 Å². The predicted octanol–water partition coefficient (Wildman–Crippen LogP) is 20.5. The molecule has 0 saturated heterocycles. The normalized spacial score (nSPS) is 14.1. The van der Waals surface area contributed by atoms with E-state index in [0.29, 0.717) is 33.4 Å². The second kappa shape index (κ2) is 30.4. The summed E-state index contributed by atoms with van der Waals surface area (Å²) < 4.78 is 129. The summed E-state index contributed by atoms with van der Waals surface area (Å²) in [6, 6.07) is 71.6. The maximum atomic E-state index is 8.48. The van der Waals surface area contributed by atoms with Gasteiger partial charge in [-0.15, -0.1) is 0 Å². The Hall–Kier alpha value is -9.64. The van der Waals surface area contributed by atoms with Crippen LogP contribution in [0.3, 0.4) is 0 Å². The first kappa shape index (κ1) is 49.1. The van der Waals surface area contributed by atoms with E-state index in [1.54, 1.807) is 18.2 Å². The maximum Gasteiger partial charge on any atom is 0.212 e. The molecule has 0 atom stereocenters. The van der Waals surface area contributed by atoms with E-state index in [0.717, 1.165) is 112 Å². The highest BCUT2D eigenvalue weighted by molar-refractivity contribution is 5.79. The van der Waals surface area contributed by atoms with E-state index in [1.165, 1.54) is 5.56 Å². The Morgan fingerprint density at radius 3 is 1.00 bits per heavy atom. The summed E-state index contributed by atoms with van der Waals surface area (Å²) in [4.78, 5) is 0. The molecule has 0 aliphatic rings. The van der Waals surface area contributed by atoms with Crippen LogP contribution in [0.2, 0.25) is 0 Å². The molecule has 0 unspecified atom stereocenters. The molecule has 4 nitrogen and oxygen atoms in total. The molecule has 92 heavy (non-hydrogen) atoms. The van der Waals surface area contributed by atoms with Crippen LogP contribution in [0.25, 0.3) is 89.5 Å². The molecular weight excluding hydrogens is 1110 g/mol. The monoisotopic (exact) mass is 1220 g/mol. The minimum Gasteiger partial charge on any atom is -0.201 e. The number of hydrogen-bond acceptors (Lipinski definition) is 0. The van der Waals surface area contributed by atoms with E-state index in [-0.39, 0.29) is 5.92 Å². The third-order valence-corrected chi connectivity index (χ3v) is 16.6. The van der Waals surface area contributed by atoms with E-state index in [4.69, 9.17) is 20.6 Å². The summed E-state index contributed by atoms with van der Waals surface area (Å²) in [5.41, 5.74) is 22.3. The Morgan fingerprint density at radius 2 is 0.641 bits per heavy atom. The average Bonchev–Trinajstić information content (AvgIpc) is 0.784. The number of pyridine rings is 4. The molecule has 0 amide bonds. The van der Waals surface area contributed by atoms with Crippen LogP contribution < -0.4 is 18.3 Å². The minimum absolute atomic E-state index is 0.169. The van der Waals surface area contributed by atoms with Crippen LogP contribution in [0.5, 0.6) is 0 Å². The largest absolute Gasteiger partial charge is 0.212 e. The zero-order valence-electron chi connectivity index (χ0n) is 70.5. The molecule has 4 aromatic heterocycles. The highest BCUT2D eigenvalue weighted by Gasteiger charge is 2.21. The maximum absolute atomic E-state index is 8.48. The van der Waals surface area contributed by atoms with Crippen LogP contribution >= 0.6 is 0 Å². The molecule has 0 spiro atoms. The number of aryl methyl sites for hydroxylation is 13. The fraction of sp³-hybridized carbons (Fsp3) is 0.227. The smallest absolute Gasteiger partial charge is 0.201 e. The van der Waals surface area contributed by atoms with Crippen molar-refractivity contribution in [1.82, 2.24) is 0 Å². The molecule has 12 aromatic rings. The number of hydrogen-bond donors (Lipinski definition) is 0. The second-order valence-corrected chi connectivity index (χ2v) is 24.3. The SMILES string of the molecule is [2H]C([2H])([2H])c1cc(C)c(-c2cc(C([2H])(C)C)cc[n+]2C)cc1-c1ccccc1.[2H]C([2H])([2H])c1cc(C)c(-c2cc(C([2H])([2H])C(C)C)cc[n+]2C)cc1-c1ccccc1.[2H]C([2H])([2H])c1cc(C)c(-c2cc(C)cc[n+]2C)cc1-c1ccccc1.[2H]C([2H])([2H])c1cc(C)c(-c2cccc[n+]2C)cc1-c1ccccc1. The van der Waals surface area contributed by atoms with Gasteiger partial charge in [-0.1, -0.05) is 173 Å². The summed E-state index contributed by atoms with van der Waals surface area (Å²) in [5.74, 6) is -0.880. The molecule has 0 aliphatic carbocycles. The lowest BCUT2D eigenvalue weighted by atomic mass is 9.92. The molecule has 4 heteroatoms. The Kier molecular flexibility index (Phi) is 16.3. The topological polar surface area (TPSA) is 15.5 Å². The Balaban J connectivity index is 0.000000165. The molecule has 12 rings (SSSR count). The molecule has 4 heterocycles. The molecule has 8 aromatic carbocycles. The van der Waals surface area contributed by atoms with E-state index >= 15 is 0 Å². The standard InChI is InChI=1S/C24H28N.C23H26N.C21H22N.C20H20N/c1-17(2)13-20-11-12-25(5)24(15-20)23-16-22(18(3)14-19(23)4)21-9-7-6-8-10-21;1-16(2)20-11-12-24(5)23(14-20)22-15-21(17(3)13-18(22)4)19-9-7-6-8-10-19;1-15-10-11-22(4)21(12-15)20-14-19(16(2)13-17(20)3)18-8-6-5-7-9-18;1-15-13-16(2)19(20-11-7-8-12-21(20)3)14-18(15)17-9-5-4-6-10-17/h6-12,14-17H,13H2,1-5H3;6-16H,1-5H3;5-14H,1-4H3;4-14H,1-3H3/q4*+1/i3D3,13D2;3D3,16D;2D3;1D3. The number of benzene rings is 8. The molecule has 0 aliphatic heterocycles. The van der Waals surface area contributed by atoms with E-state index in [2.05, 4.69) is 23.6 Å².